The highest BCUT2D eigenvalue weighted by molar-refractivity contribution is 6.31. The van der Waals surface area contributed by atoms with E-state index in [0.29, 0.717) is 22.1 Å². The van der Waals surface area contributed by atoms with Crippen LogP contribution in [0.15, 0.2) is 71.9 Å². The number of hydrogen-bond acceptors (Lipinski definition) is 5. The van der Waals surface area contributed by atoms with Gasteiger partial charge in [0.25, 0.3) is 5.56 Å². The Morgan fingerprint density at radius 3 is 2.24 bits per heavy atom. The summed E-state index contributed by atoms with van der Waals surface area (Å²) in [7, 11) is 1.86. The zero-order valence-corrected chi connectivity index (χ0v) is 24.9. The van der Waals surface area contributed by atoms with Crippen LogP contribution in [0.5, 0.6) is 0 Å². The average molecular weight is 575 g/mol. The quantitative estimate of drug-likeness (QED) is 0.298. The van der Waals surface area contributed by atoms with Crippen LogP contribution in [0, 0.1) is 5.41 Å². The van der Waals surface area contributed by atoms with Gasteiger partial charge in [0.15, 0.2) is 5.82 Å². The number of rotatable bonds is 8. The summed E-state index contributed by atoms with van der Waals surface area (Å²) < 4.78 is 3.47. The predicted octanol–water partition coefficient (Wildman–Crippen LogP) is 5.26. The fourth-order valence-corrected chi connectivity index (χ4v) is 4.46. The number of aromatic nitrogens is 4. The number of carbonyl (C=O) groups excluding carboxylic acids is 2. The van der Waals surface area contributed by atoms with Crippen molar-refractivity contribution in [2.24, 2.45) is 12.5 Å². The molecule has 0 saturated carbocycles. The topological polar surface area (TPSA) is 111 Å². The van der Waals surface area contributed by atoms with Crippen molar-refractivity contribution in [2.75, 3.05) is 5.32 Å². The first kappa shape index (κ1) is 29.7. The van der Waals surface area contributed by atoms with Crippen molar-refractivity contribution in [1.29, 1.82) is 0 Å². The Hall–Kier alpha value is -4.24. The number of anilines is 1. The van der Waals surface area contributed by atoms with Gasteiger partial charge < -0.3 is 19.8 Å². The van der Waals surface area contributed by atoms with Crippen LogP contribution in [0.4, 0.5) is 5.69 Å². The summed E-state index contributed by atoms with van der Waals surface area (Å²) in [5.41, 5.74) is 3.03. The monoisotopic (exact) mass is 574 g/mol. The predicted molar refractivity (Wildman–Crippen MR) is 162 cm³/mol. The minimum atomic E-state index is -0.891. The van der Waals surface area contributed by atoms with Gasteiger partial charge in [-0.25, -0.2) is 0 Å². The summed E-state index contributed by atoms with van der Waals surface area (Å²) in [6.07, 6.45) is 3.60. The van der Waals surface area contributed by atoms with Crippen LogP contribution in [0.25, 0.3) is 22.5 Å². The van der Waals surface area contributed by atoms with Crippen LogP contribution in [0.2, 0.25) is 5.02 Å². The number of halogens is 1. The van der Waals surface area contributed by atoms with Crippen molar-refractivity contribution in [2.45, 2.75) is 53.1 Å². The molecule has 1 unspecified atom stereocenters. The largest absolute Gasteiger partial charge is 0.344 e. The Kier molecular flexibility index (Phi) is 8.77. The third-order valence-electron chi connectivity index (χ3n) is 6.72. The van der Waals surface area contributed by atoms with E-state index in [4.69, 9.17) is 11.6 Å². The Labute approximate surface area is 244 Å². The molecule has 2 heterocycles. The van der Waals surface area contributed by atoms with E-state index >= 15 is 0 Å². The first-order chi connectivity index (χ1) is 19.3. The standard InChI is InChI=1S/C31H35ClN6O3/c1-19(2)38-17-22(10-14-27(38)39)21-9-13-25(32)23(15-21)16-26(35-30(41)31(3,4)5)29(40)34-24-11-7-20(8-12-24)28-36-33-18-37(28)6/h7-15,17-19,26H,16H2,1-6H3,(H,34,40)(H,35,41). The van der Waals surface area contributed by atoms with Gasteiger partial charge in [-0.15, -0.1) is 10.2 Å². The van der Waals surface area contributed by atoms with Gasteiger partial charge in [0.05, 0.1) is 0 Å². The summed E-state index contributed by atoms with van der Waals surface area (Å²) >= 11 is 6.59. The molecule has 0 bridgehead atoms. The van der Waals surface area contributed by atoms with E-state index in [2.05, 4.69) is 20.8 Å². The molecule has 0 saturated heterocycles. The summed E-state index contributed by atoms with van der Waals surface area (Å²) in [4.78, 5) is 38.8. The molecule has 2 amide bonds. The first-order valence-electron chi connectivity index (χ1n) is 13.4. The van der Waals surface area contributed by atoms with Gasteiger partial charge in [-0.2, -0.15) is 0 Å². The highest BCUT2D eigenvalue weighted by atomic mass is 35.5. The van der Waals surface area contributed by atoms with Gasteiger partial charge >= 0.3 is 0 Å². The average Bonchev–Trinajstić information content (AvgIpc) is 3.35. The summed E-state index contributed by atoms with van der Waals surface area (Å²) in [6.45, 7) is 9.27. The molecule has 9 nitrogen and oxygen atoms in total. The van der Waals surface area contributed by atoms with Crippen molar-refractivity contribution in [1.82, 2.24) is 24.6 Å². The van der Waals surface area contributed by atoms with E-state index < -0.39 is 11.5 Å². The fraction of sp³-hybridized carbons (Fsp3) is 0.323. The lowest BCUT2D eigenvalue weighted by molar-refractivity contribution is -0.132. The highest BCUT2D eigenvalue weighted by Crippen LogP contribution is 2.27. The molecular formula is C31H35ClN6O3. The number of pyridine rings is 1. The van der Waals surface area contributed by atoms with Crippen molar-refractivity contribution in [3.05, 3.63) is 88.1 Å². The van der Waals surface area contributed by atoms with Crippen LogP contribution in [0.1, 0.15) is 46.2 Å². The second-order valence-electron chi connectivity index (χ2n) is 11.4. The van der Waals surface area contributed by atoms with E-state index in [0.717, 1.165) is 16.7 Å². The van der Waals surface area contributed by atoms with Gasteiger partial charge in [-0.1, -0.05) is 38.4 Å². The lowest BCUT2D eigenvalue weighted by Gasteiger charge is -2.24. The number of nitrogens with one attached hydrogen (secondary N) is 2. The number of aryl methyl sites for hydroxylation is 1. The molecule has 0 fully saturated rings. The molecule has 2 aromatic heterocycles. The van der Waals surface area contributed by atoms with Crippen molar-refractivity contribution in [3.63, 3.8) is 0 Å². The molecule has 2 aromatic carbocycles. The normalized spacial score (nSPS) is 12.3. The lowest BCUT2D eigenvalue weighted by Crippen LogP contribution is -2.49. The number of hydrogen-bond donors (Lipinski definition) is 2. The molecule has 10 heteroatoms. The molecule has 0 aliphatic heterocycles. The van der Waals surface area contributed by atoms with Gasteiger partial charge in [0, 0.05) is 53.5 Å². The van der Waals surface area contributed by atoms with E-state index in [-0.39, 0.29) is 29.8 Å². The molecule has 41 heavy (non-hydrogen) atoms. The Bertz CT molecular complexity index is 1620. The van der Waals surface area contributed by atoms with Crippen LogP contribution in [0.3, 0.4) is 0 Å². The van der Waals surface area contributed by atoms with E-state index in [1.165, 1.54) is 0 Å². The minimum absolute atomic E-state index is 0.00404. The van der Waals surface area contributed by atoms with E-state index in [9.17, 15) is 14.4 Å². The molecular weight excluding hydrogens is 540 g/mol. The minimum Gasteiger partial charge on any atom is -0.344 e. The molecule has 4 aromatic rings. The van der Waals surface area contributed by atoms with E-state index in [1.54, 1.807) is 66.6 Å². The molecule has 0 aliphatic rings. The maximum atomic E-state index is 13.5. The maximum Gasteiger partial charge on any atom is 0.250 e. The SMILES string of the molecule is CC(C)n1cc(-c2ccc(Cl)c(CC(NC(=O)C(C)(C)C)C(=O)Nc3ccc(-c4nncn4C)cc3)c2)ccc1=O. The molecule has 4 rings (SSSR count). The number of carbonyl (C=O) groups is 2. The van der Waals surface area contributed by atoms with Crippen molar-refractivity contribution >= 4 is 29.1 Å². The lowest BCUT2D eigenvalue weighted by atomic mass is 9.94. The van der Waals surface area contributed by atoms with Crippen LogP contribution in [-0.2, 0) is 23.1 Å². The second-order valence-corrected chi connectivity index (χ2v) is 11.8. The van der Waals surface area contributed by atoms with Gasteiger partial charge in [-0.05, 0) is 73.0 Å². The molecule has 1 atom stereocenters. The van der Waals surface area contributed by atoms with Crippen LogP contribution < -0.4 is 16.2 Å². The summed E-state index contributed by atoms with van der Waals surface area (Å²) in [5, 5.41) is 14.3. The Morgan fingerprint density at radius 1 is 0.976 bits per heavy atom. The molecule has 2 N–H and O–H groups in total. The zero-order chi connectivity index (χ0) is 29.9. The van der Waals surface area contributed by atoms with Crippen molar-refractivity contribution < 1.29 is 9.59 Å². The first-order valence-corrected chi connectivity index (χ1v) is 13.8. The molecule has 0 aliphatic carbocycles. The van der Waals surface area contributed by atoms with Gasteiger partial charge in [0.1, 0.15) is 12.4 Å². The van der Waals surface area contributed by atoms with Crippen LogP contribution in [-0.4, -0.2) is 37.2 Å². The van der Waals surface area contributed by atoms with Gasteiger partial charge in [0.2, 0.25) is 11.8 Å². The fourth-order valence-electron chi connectivity index (χ4n) is 4.27. The van der Waals surface area contributed by atoms with Gasteiger partial charge in [-0.3, -0.25) is 14.4 Å². The second kappa shape index (κ2) is 12.1. The van der Waals surface area contributed by atoms with Crippen molar-refractivity contribution in [3.8, 4) is 22.5 Å². The highest BCUT2D eigenvalue weighted by Gasteiger charge is 2.28. The number of benzene rings is 2. The number of nitrogens with zero attached hydrogens (tertiary/aromatic N) is 4. The summed E-state index contributed by atoms with van der Waals surface area (Å²) in [5.74, 6) is 0.0759. The molecule has 214 valence electrons. The number of amides is 2. The van der Waals surface area contributed by atoms with Crippen LogP contribution >= 0.6 is 11.6 Å². The zero-order valence-electron chi connectivity index (χ0n) is 24.1. The molecule has 0 radical (unpaired) electrons. The Balaban J connectivity index is 1.61. The third-order valence-corrected chi connectivity index (χ3v) is 7.09. The Morgan fingerprint density at radius 2 is 1.63 bits per heavy atom. The maximum absolute atomic E-state index is 13.5. The smallest absolute Gasteiger partial charge is 0.250 e. The third kappa shape index (κ3) is 7.10. The van der Waals surface area contributed by atoms with E-state index in [1.807, 2.05) is 51.4 Å². The summed E-state index contributed by atoms with van der Waals surface area (Å²) in [6, 6.07) is 15.2. The molecule has 0 spiro atoms.